The van der Waals surface area contributed by atoms with E-state index < -0.39 is 5.97 Å². The number of thiazole rings is 1. The number of carboxylic acid groups (broad SMARTS) is 1. The van der Waals surface area contributed by atoms with Crippen molar-refractivity contribution < 1.29 is 14.7 Å². The van der Waals surface area contributed by atoms with Gasteiger partial charge in [0.15, 0.2) is 0 Å². The molecule has 1 aromatic heterocycles. The molecule has 2 rings (SSSR count). The SMILES string of the molecule is Cc1ncc(C(=O)N2CCC(C(=O)O)CC2C)s1. The summed E-state index contributed by atoms with van der Waals surface area (Å²) in [5.41, 5.74) is 0. The van der Waals surface area contributed by atoms with Crippen LogP contribution in [0, 0.1) is 12.8 Å². The third kappa shape index (κ3) is 2.53. The van der Waals surface area contributed by atoms with Crippen molar-refractivity contribution in [3.05, 3.63) is 16.1 Å². The number of aliphatic carboxylic acids is 1. The van der Waals surface area contributed by atoms with Crippen molar-refractivity contribution >= 4 is 23.2 Å². The Morgan fingerprint density at radius 3 is 2.78 bits per heavy atom. The summed E-state index contributed by atoms with van der Waals surface area (Å²) in [5.74, 6) is -1.12. The number of amides is 1. The van der Waals surface area contributed by atoms with Gasteiger partial charge in [0.1, 0.15) is 4.88 Å². The fourth-order valence-electron chi connectivity index (χ4n) is 2.30. The van der Waals surface area contributed by atoms with Crippen LogP contribution >= 0.6 is 11.3 Å². The first-order valence-electron chi connectivity index (χ1n) is 5.95. The number of piperidine rings is 1. The fraction of sp³-hybridized carbons (Fsp3) is 0.583. The minimum Gasteiger partial charge on any atom is -0.481 e. The lowest BCUT2D eigenvalue weighted by Crippen LogP contribution is -2.45. The topological polar surface area (TPSA) is 70.5 Å². The van der Waals surface area contributed by atoms with Gasteiger partial charge in [-0.05, 0) is 26.7 Å². The van der Waals surface area contributed by atoms with Gasteiger partial charge in [-0.25, -0.2) is 4.98 Å². The zero-order chi connectivity index (χ0) is 13.3. The van der Waals surface area contributed by atoms with Crippen molar-refractivity contribution in [1.29, 1.82) is 0 Å². The number of hydrogen-bond donors (Lipinski definition) is 1. The zero-order valence-electron chi connectivity index (χ0n) is 10.4. The van der Waals surface area contributed by atoms with Gasteiger partial charge in [-0.1, -0.05) is 0 Å². The monoisotopic (exact) mass is 268 g/mol. The summed E-state index contributed by atoms with van der Waals surface area (Å²) < 4.78 is 0. The van der Waals surface area contributed by atoms with E-state index in [4.69, 9.17) is 5.11 Å². The van der Waals surface area contributed by atoms with Crippen LogP contribution in [0.4, 0.5) is 0 Å². The largest absolute Gasteiger partial charge is 0.481 e. The third-order valence-electron chi connectivity index (χ3n) is 3.32. The number of carbonyl (C=O) groups is 2. The van der Waals surface area contributed by atoms with E-state index in [0.717, 1.165) is 5.01 Å². The molecule has 0 bridgehead atoms. The van der Waals surface area contributed by atoms with E-state index in [9.17, 15) is 9.59 Å². The van der Waals surface area contributed by atoms with Crippen molar-refractivity contribution in [3.8, 4) is 0 Å². The second-order valence-electron chi connectivity index (χ2n) is 4.65. The normalized spacial score (nSPS) is 24.0. The first-order valence-corrected chi connectivity index (χ1v) is 6.77. The number of carboxylic acids is 1. The molecule has 5 nitrogen and oxygen atoms in total. The van der Waals surface area contributed by atoms with E-state index in [-0.39, 0.29) is 17.9 Å². The Bertz CT molecular complexity index is 472. The summed E-state index contributed by atoms with van der Waals surface area (Å²) in [7, 11) is 0. The molecular weight excluding hydrogens is 252 g/mol. The summed E-state index contributed by atoms with van der Waals surface area (Å²) in [5, 5.41) is 9.86. The fourth-order valence-corrected chi connectivity index (χ4v) is 3.03. The van der Waals surface area contributed by atoms with Gasteiger partial charge in [-0.3, -0.25) is 9.59 Å². The number of aromatic nitrogens is 1. The van der Waals surface area contributed by atoms with Crippen molar-refractivity contribution in [2.24, 2.45) is 5.92 Å². The highest BCUT2D eigenvalue weighted by Gasteiger charge is 2.33. The lowest BCUT2D eigenvalue weighted by molar-refractivity contribution is -0.143. The number of carbonyl (C=O) groups excluding carboxylic acids is 1. The molecule has 0 aromatic carbocycles. The van der Waals surface area contributed by atoms with Gasteiger partial charge in [-0.2, -0.15) is 0 Å². The van der Waals surface area contributed by atoms with Crippen LogP contribution in [-0.4, -0.2) is 39.5 Å². The van der Waals surface area contributed by atoms with Crippen LogP contribution in [-0.2, 0) is 4.79 Å². The van der Waals surface area contributed by atoms with E-state index >= 15 is 0 Å². The summed E-state index contributed by atoms with van der Waals surface area (Å²) in [6, 6.07) is -0.0326. The maximum absolute atomic E-state index is 12.2. The van der Waals surface area contributed by atoms with Crippen LogP contribution in [0.15, 0.2) is 6.20 Å². The Morgan fingerprint density at radius 2 is 2.28 bits per heavy atom. The van der Waals surface area contributed by atoms with Gasteiger partial charge in [0.25, 0.3) is 5.91 Å². The van der Waals surface area contributed by atoms with E-state index in [1.807, 2.05) is 13.8 Å². The molecule has 2 unspecified atom stereocenters. The quantitative estimate of drug-likeness (QED) is 0.887. The minimum absolute atomic E-state index is 0.0306. The lowest BCUT2D eigenvalue weighted by Gasteiger charge is -2.35. The molecule has 0 aliphatic carbocycles. The van der Waals surface area contributed by atoms with Crippen molar-refractivity contribution in [1.82, 2.24) is 9.88 Å². The summed E-state index contributed by atoms with van der Waals surface area (Å²) >= 11 is 1.38. The smallest absolute Gasteiger partial charge is 0.306 e. The third-order valence-corrected chi connectivity index (χ3v) is 4.22. The molecule has 98 valence electrons. The molecule has 0 spiro atoms. The standard InChI is InChI=1S/C12H16N2O3S/c1-7-5-9(12(16)17)3-4-14(7)11(15)10-6-13-8(2)18-10/h6-7,9H,3-5H2,1-2H3,(H,16,17). The predicted molar refractivity (Wildman–Crippen MR) is 67.7 cm³/mol. The molecule has 18 heavy (non-hydrogen) atoms. The van der Waals surface area contributed by atoms with Crippen LogP contribution in [0.25, 0.3) is 0 Å². The Balaban J connectivity index is 2.07. The minimum atomic E-state index is -0.761. The molecule has 0 radical (unpaired) electrons. The van der Waals surface area contributed by atoms with Crippen molar-refractivity contribution in [2.45, 2.75) is 32.7 Å². The van der Waals surface area contributed by atoms with Crippen LogP contribution in [0.2, 0.25) is 0 Å². The Morgan fingerprint density at radius 1 is 1.56 bits per heavy atom. The van der Waals surface area contributed by atoms with Gasteiger partial charge in [-0.15, -0.1) is 11.3 Å². The van der Waals surface area contributed by atoms with Crippen molar-refractivity contribution in [3.63, 3.8) is 0 Å². The Labute approximate surface area is 109 Å². The number of nitrogens with zero attached hydrogens (tertiary/aromatic N) is 2. The van der Waals surface area contributed by atoms with Crippen molar-refractivity contribution in [2.75, 3.05) is 6.54 Å². The van der Waals surface area contributed by atoms with E-state index in [0.29, 0.717) is 24.3 Å². The van der Waals surface area contributed by atoms with E-state index in [1.165, 1.54) is 11.3 Å². The highest BCUT2D eigenvalue weighted by molar-refractivity contribution is 7.13. The van der Waals surface area contributed by atoms with E-state index in [1.54, 1.807) is 11.1 Å². The zero-order valence-corrected chi connectivity index (χ0v) is 11.2. The van der Waals surface area contributed by atoms with Crippen LogP contribution in [0.5, 0.6) is 0 Å². The molecule has 1 aromatic rings. The molecule has 2 atom stereocenters. The van der Waals surface area contributed by atoms with Crippen LogP contribution in [0.3, 0.4) is 0 Å². The highest BCUT2D eigenvalue weighted by atomic mass is 32.1. The Kier molecular flexibility index (Phi) is 3.65. The molecule has 1 amide bonds. The maximum Gasteiger partial charge on any atom is 0.306 e. The van der Waals surface area contributed by atoms with Gasteiger partial charge in [0.05, 0.1) is 17.1 Å². The first-order chi connectivity index (χ1) is 8.49. The molecule has 1 fully saturated rings. The predicted octanol–water partition coefficient (Wildman–Crippen LogP) is 1.78. The molecule has 0 saturated carbocycles. The summed E-state index contributed by atoms with van der Waals surface area (Å²) in [4.78, 5) is 29.7. The van der Waals surface area contributed by atoms with Gasteiger partial charge in [0, 0.05) is 12.6 Å². The molecule has 1 saturated heterocycles. The summed E-state index contributed by atoms with van der Waals surface area (Å²) in [6.07, 6.45) is 2.65. The second-order valence-corrected chi connectivity index (χ2v) is 5.89. The molecule has 1 aliphatic rings. The van der Waals surface area contributed by atoms with Gasteiger partial charge in [0.2, 0.25) is 0 Å². The molecule has 1 aliphatic heterocycles. The molecule has 1 N–H and O–H groups in total. The lowest BCUT2D eigenvalue weighted by atomic mass is 9.91. The molecular formula is C12H16N2O3S. The average Bonchev–Trinajstić information content (AvgIpc) is 2.74. The highest BCUT2D eigenvalue weighted by Crippen LogP contribution is 2.25. The Hall–Kier alpha value is -1.43. The van der Waals surface area contributed by atoms with Gasteiger partial charge >= 0.3 is 5.97 Å². The summed E-state index contributed by atoms with van der Waals surface area (Å²) in [6.45, 7) is 4.27. The first kappa shape index (κ1) is 13.0. The second kappa shape index (κ2) is 5.06. The molecule has 2 heterocycles. The number of likely N-dealkylation sites (tertiary alicyclic amines) is 1. The number of hydrogen-bond acceptors (Lipinski definition) is 4. The van der Waals surface area contributed by atoms with Crippen LogP contribution in [0.1, 0.15) is 34.4 Å². The van der Waals surface area contributed by atoms with Crippen LogP contribution < -0.4 is 0 Å². The van der Waals surface area contributed by atoms with Gasteiger partial charge < -0.3 is 10.0 Å². The van der Waals surface area contributed by atoms with E-state index in [2.05, 4.69) is 4.98 Å². The number of rotatable bonds is 2. The average molecular weight is 268 g/mol. The maximum atomic E-state index is 12.2. The number of aryl methyl sites for hydroxylation is 1. The molecule has 6 heteroatoms.